The van der Waals surface area contributed by atoms with Gasteiger partial charge in [-0.25, -0.2) is 13.8 Å². The van der Waals surface area contributed by atoms with Crippen molar-refractivity contribution in [3.63, 3.8) is 0 Å². The first-order valence-corrected chi connectivity index (χ1v) is 13.2. The average Bonchev–Trinajstić information content (AvgIpc) is 3.12. The molecule has 1 aliphatic heterocycles. The lowest BCUT2D eigenvalue weighted by atomic mass is 10.1. The van der Waals surface area contributed by atoms with Gasteiger partial charge in [0.2, 0.25) is 0 Å². The summed E-state index contributed by atoms with van der Waals surface area (Å²) in [6.45, 7) is 2.70. The lowest BCUT2D eigenvalue weighted by molar-refractivity contribution is 0.0955. The lowest BCUT2D eigenvalue weighted by Crippen LogP contribution is -2.26. The van der Waals surface area contributed by atoms with Gasteiger partial charge in [-0.05, 0) is 53.8 Å². The molecule has 1 aliphatic rings. The molecule has 37 heavy (non-hydrogen) atoms. The van der Waals surface area contributed by atoms with Crippen molar-refractivity contribution in [2.75, 3.05) is 10.9 Å². The number of hydrogen-bond acceptors (Lipinski definition) is 6. The van der Waals surface area contributed by atoms with Gasteiger partial charge in [-0.1, -0.05) is 43.3 Å². The number of amides is 1. The summed E-state index contributed by atoms with van der Waals surface area (Å²) in [5.74, 6) is 0.115. The molecule has 0 aliphatic carbocycles. The van der Waals surface area contributed by atoms with E-state index in [0.717, 1.165) is 22.8 Å². The number of sulfonamides is 1. The van der Waals surface area contributed by atoms with E-state index in [1.165, 1.54) is 16.6 Å². The highest BCUT2D eigenvalue weighted by atomic mass is 32.2. The molecule has 0 unspecified atom stereocenters. The first-order valence-electron chi connectivity index (χ1n) is 11.8. The number of rotatable bonds is 8. The minimum absolute atomic E-state index is 0.00865. The molecule has 0 fully saturated rings. The Bertz CT molecular complexity index is 1610. The molecule has 0 radical (unpaired) electrons. The van der Waals surface area contributed by atoms with E-state index in [-0.39, 0.29) is 12.3 Å². The van der Waals surface area contributed by atoms with Gasteiger partial charge >= 0.3 is 0 Å². The zero-order chi connectivity index (χ0) is 26.0. The van der Waals surface area contributed by atoms with Gasteiger partial charge in [-0.15, -0.1) is 0 Å². The van der Waals surface area contributed by atoms with Crippen LogP contribution in [-0.2, 0) is 16.6 Å². The van der Waals surface area contributed by atoms with E-state index in [2.05, 4.69) is 10.5 Å². The number of phenols is 1. The van der Waals surface area contributed by atoms with Gasteiger partial charge in [-0.2, -0.15) is 5.10 Å². The Balaban J connectivity index is 1.25. The highest BCUT2D eigenvalue weighted by Crippen LogP contribution is 2.42. The van der Waals surface area contributed by atoms with Crippen molar-refractivity contribution in [1.82, 2.24) is 5.43 Å². The number of anilines is 1. The second kappa shape index (κ2) is 9.94. The van der Waals surface area contributed by atoms with Gasteiger partial charge in [0.1, 0.15) is 11.5 Å². The Hall–Kier alpha value is -4.37. The number of benzene rings is 4. The summed E-state index contributed by atoms with van der Waals surface area (Å²) in [5, 5.41) is 15.7. The van der Waals surface area contributed by atoms with Crippen LogP contribution in [0.4, 0.5) is 5.69 Å². The lowest BCUT2D eigenvalue weighted by Gasteiger charge is -2.19. The molecule has 4 aromatic rings. The van der Waals surface area contributed by atoms with Crippen molar-refractivity contribution in [3.8, 4) is 11.5 Å². The summed E-state index contributed by atoms with van der Waals surface area (Å²) in [6.07, 6.45) is 2.21. The fourth-order valence-corrected chi connectivity index (χ4v) is 5.92. The van der Waals surface area contributed by atoms with Gasteiger partial charge in [0.15, 0.2) is 0 Å². The van der Waals surface area contributed by atoms with Crippen molar-refractivity contribution >= 4 is 38.6 Å². The number of hydrogen-bond donors (Lipinski definition) is 2. The maximum atomic E-state index is 13.2. The summed E-state index contributed by atoms with van der Waals surface area (Å²) in [4.78, 5) is 12.8. The number of hydrazone groups is 1. The van der Waals surface area contributed by atoms with Crippen LogP contribution in [0.5, 0.6) is 11.5 Å². The third-order valence-electron chi connectivity index (χ3n) is 6.07. The van der Waals surface area contributed by atoms with Gasteiger partial charge in [0, 0.05) is 22.6 Å². The number of carbonyl (C=O) groups excluding carboxylic acids is 1. The Labute approximate surface area is 214 Å². The first kappa shape index (κ1) is 24.3. The molecule has 1 heterocycles. The van der Waals surface area contributed by atoms with E-state index < -0.39 is 15.9 Å². The molecule has 0 atom stereocenters. The SMILES string of the molecule is CCCOc1ccc(/C=N/NC(=O)c2ccc(CN3c4cccc5cccc(c45)S3(=O)=O)cc2)c(O)c1. The number of aromatic hydroxyl groups is 1. The third-order valence-corrected chi connectivity index (χ3v) is 7.87. The van der Waals surface area contributed by atoms with Crippen molar-refractivity contribution in [3.05, 3.63) is 95.6 Å². The number of nitrogens with zero attached hydrogens (tertiary/aromatic N) is 2. The molecule has 0 saturated carbocycles. The topological polar surface area (TPSA) is 108 Å². The zero-order valence-electron chi connectivity index (χ0n) is 20.1. The van der Waals surface area contributed by atoms with E-state index in [1.807, 2.05) is 25.1 Å². The van der Waals surface area contributed by atoms with Crippen LogP contribution in [0, 0.1) is 0 Å². The summed E-state index contributed by atoms with van der Waals surface area (Å²) in [6, 6.07) is 22.4. The van der Waals surface area contributed by atoms with Crippen LogP contribution in [0.2, 0.25) is 0 Å². The number of nitrogens with one attached hydrogen (secondary N) is 1. The third kappa shape index (κ3) is 4.73. The fourth-order valence-electron chi connectivity index (χ4n) is 4.22. The highest BCUT2D eigenvalue weighted by Gasteiger charge is 2.35. The second-order valence-electron chi connectivity index (χ2n) is 8.61. The normalized spacial score (nSPS) is 13.8. The molecular weight excluding hydrogens is 490 g/mol. The van der Waals surface area contributed by atoms with Crippen LogP contribution in [-0.4, -0.2) is 32.3 Å². The number of phenolic OH excluding ortho intramolecular Hbond substituents is 1. The van der Waals surface area contributed by atoms with E-state index in [0.29, 0.717) is 34.1 Å². The van der Waals surface area contributed by atoms with Crippen molar-refractivity contribution in [1.29, 1.82) is 0 Å². The molecule has 4 aromatic carbocycles. The molecule has 1 amide bonds. The Morgan fingerprint density at radius 1 is 1.05 bits per heavy atom. The number of carbonyl (C=O) groups is 1. The van der Waals surface area contributed by atoms with Crippen molar-refractivity contribution in [2.24, 2.45) is 5.10 Å². The molecule has 9 heteroatoms. The summed E-state index contributed by atoms with van der Waals surface area (Å²) in [7, 11) is -3.67. The van der Waals surface area contributed by atoms with Crippen molar-refractivity contribution < 1.29 is 23.1 Å². The molecule has 0 saturated heterocycles. The van der Waals surface area contributed by atoms with E-state index >= 15 is 0 Å². The minimum atomic E-state index is -3.67. The van der Waals surface area contributed by atoms with E-state index in [4.69, 9.17) is 4.74 Å². The van der Waals surface area contributed by atoms with Gasteiger partial charge in [0.05, 0.1) is 29.9 Å². The van der Waals surface area contributed by atoms with Gasteiger partial charge < -0.3 is 9.84 Å². The van der Waals surface area contributed by atoms with Gasteiger partial charge in [-0.3, -0.25) is 9.10 Å². The Morgan fingerprint density at radius 3 is 2.54 bits per heavy atom. The molecular formula is C28H25N3O5S. The summed E-state index contributed by atoms with van der Waals surface area (Å²) in [5.41, 5.74) is 4.62. The van der Waals surface area contributed by atoms with E-state index in [9.17, 15) is 18.3 Å². The van der Waals surface area contributed by atoms with Crippen LogP contribution in [0.25, 0.3) is 10.8 Å². The van der Waals surface area contributed by atoms with E-state index in [1.54, 1.807) is 54.6 Å². The minimum Gasteiger partial charge on any atom is -0.507 e. The molecule has 2 N–H and O–H groups in total. The van der Waals surface area contributed by atoms with Crippen LogP contribution in [0.1, 0.15) is 34.8 Å². The maximum Gasteiger partial charge on any atom is 0.271 e. The average molecular weight is 516 g/mol. The monoisotopic (exact) mass is 515 g/mol. The molecule has 0 spiro atoms. The predicted molar refractivity (Wildman–Crippen MR) is 143 cm³/mol. The predicted octanol–water partition coefficient (Wildman–Crippen LogP) is 4.81. The second-order valence-corrected chi connectivity index (χ2v) is 10.4. The quantitative estimate of drug-likeness (QED) is 0.259. The molecule has 188 valence electrons. The highest BCUT2D eigenvalue weighted by molar-refractivity contribution is 7.93. The van der Waals surface area contributed by atoms with Crippen LogP contribution in [0.3, 0.4) is 0 Å². The first-order chi connectivity index (χ1) is 17.9. The van der Waals surface area contributed by atoms with Crippen LogP contribution in [0.15, 0.2) is 88.9 Å². The summed E-state index contributed by atoms with van der Waals surface area (Å²) >= 11 is 0. The Kier molecular flexibility index (Phi) is 6.54. The molecule has 5 rings (SSSR count). The molecule has 0 aromatic heterocycles. The van der Waals surface area contributed by atoms with Crippen LogP contribution < -0.4 is 14.5 Å². The fraction of sp³-hybridized carbons (Fsp3) is 0.143. The maximum absolute atomic E-state index is 13.2. The standard InChI is InChI=1S/C28H25N3O5S/c1-2-15-36-23-14-13-22(25(32)16-23)17-29-30-28(33)21-11-9-19(10-12-21)18-31-24-7-3-5-20-6-4-8-26(27(20)24)37(31,34)35/h3-14,16-17,32H,2,15,18H2,1H3,(H,30,33)/b29-17+. The van der Waals surface area contributed by atoms with Crippen molar-refractivity contribution in [2.45, 2.75) is 24.8 Å². The molecule has 0 bridgehead atoms. The summed E-state index contributed by atoms with van der Waals surface area (Å²) < 4.78 is 33.3. The largest absolute Gasteiger partial charge is 0.507 e. The van der Waals surface area contributed by atoms with Gasteiger partial charge in [0.25, 0.3) is 15.9 Å². The van der Waals surface area contributed by atoms with Crippen LogP contribution >= 0.6 is 0 Å². The smallest absolute Gasteiger partial charge is 0.271 e. The Morgan fingerprint density at radius 2 is 1.81 bits per heavy atom. The zero-order valence-corrected chi connectivity index (χ0v) is 20.9. The molecule has 8 nitrogen and oxygen atoms in total. The number of ether oxygens (including phenoxy) is 1.